The van der Waals surface area contributed by atoms with Gasteiger partial charge in [0.1, 0.15) is 18.3 Å². The Hall–Kier alpha value is 0.304. The van der Waals surface area contributed by atoms with Crippen LogP contribution in [0.4, 0.5) is 0 Å². The first-order valence-corrected chi connectivity index (χ1v) is 16.6. The van der Waals surface area contributed by atoms with E-state index in [9.17, 15) is 0 Å². The van der Waals surface area contributed by atoms with Crippen molar-refractivity contribution in [2.45, 2.75) is 122 Å². The molecule has 1 saturated heterocycles. The van der Waals surface area contributed by atoms with Crippen LogP contribution in [0.3, 0.4) is 0 Å². The van der Waals surface area contributed by atoms with Crippen LogP contribution in [-0.2, 0) is 18.3 Å². The summed E-state index contributed by atoms with van der Waals surface area (Å²) in [5.41, 5.74) is 0. The average Bonchev–Trinajstić information content (AvgIpc) is 2.76. The van der Waals surface area contributed by atoms with E-state index in [-0.39, 0.29) is 34.5 Å². The van der Waals surface area contributed by atoms with Crippen molar-refractivity contribution >= 4 is 28.2 Å². The van der Waals surface area contributed by atoms with Gasteiger partial charge in [0.25, 0.3) is 0 Å². The van der Waals surface area contributed by atoms with E-state index in [1.807, 2.05) is 19.9 Å². The van der Waals surface area contributed by atoms with Gasteiger partial charge in [-0.25, -0.2) is 0 Å². The molecule has 2 aliphatic rings. The summed E-state index contributed by atoms with van der Waals surface area (Å²) < 4.78 is 26.1. The number of fused-ring (bicyclic) bond motifs is 1. The molecule has 2 rings (SSSR count). The third kappa shape index (κ3) is 4.95. The SMILES string of the molecule is CC1(C)O[C@H]2[C@H](O[Si](C)(C)C(C)(C)C)[C@H](O[Si](C)(C)C(C)(C)C)C=C(Cl)[C@H]2O1. The van der Waals surface area contributed by atoms with Gasteiger partial charge in [0.15, 0.2) is 22.4 Å². The fourth-order valence-corrected chi connectivity index (χ4v) is 5.88. The number of ether oxygens (including phenoxy) is 2. The third-order valence-electron chi connectivity index (χ3n) is 6.85. The number of hydrogen-bond acceptors (Lipinski definition) is 4. The van der Waals surface area contributed by atoms with Crippen molar-refractivity contribution in [3.05, 3.63) is 11.1 Å². The van der Waals surface area contributed by atoms with E-state index in [2.05, 4.69) is 67.7 Å². The van der Waals surface area contributed by atoms with E-state index in [4.69, 9.17) is 29.9 Å². The minimum absolute atomic E-state index is 0.0873. The predicted molar refractivity (Wildman–Crippen MR) is 122 cm³/mol. The van der Waals surface area contributed by atoms with Gasteiger partial charge in [-0.1, -0.05) is 53.1 Å². The zero-order valence-corrected chi connectivity index (χ0v) is 22.7. The van der Waals surface area contributed by atoms with Crippen molar-refractivity contribution in [3.63, 3.8) is 0 Å². The fourth-order valence-electron chi connectivity index (χ4n) is 3.05. The van der Waals surface area contributed by atoms with Crippen LogP contribution < -0.4 is 0 Å². The van der Waals surface area contributed by atoms with Crippen molar-refractivity contribution < 1.29 is 18.3 Å². The Morgan fingerprint density at radius 3 is 1.82 bits per heavy atom. The molecule has 0 aromatic rings. The molecule has 0 radical (unpaired) electrons. The van der Waals surface area contributed by atoms with Crippen molar-refractivity contribution in [1.82, 2.24) is 0 Å². The molecule has 164 valence electrons. The second-order valence-electron chi connectivity index (χ2n) is 11.8. The predicted octanol–water partition coefficient (Wildman–Crippen LogP) is 6.42. The summed E-state index contributed by atoms with van der Waals surface area (Å²) in [6, 6.07) is 0. The van der Waals surface area contributed by atoms with E-state index in [1.165, 1.54) is 0 Å². The first kappa shape index (κ1) is 24.6. The monoisotopic (exact) mass is 448 g/mol. The van der Waals surface area contributed by atoms with Gasteiger partial charge in [-0.3, -0.25) is 0 Å². The van der Waals surface area contributed by atoms with Crippen molar-refractivity contribution in [2.24, 2.45) is 0 Å². The highest BCUT2D eigenvalue weighted by Crippen LogP contribution is 2.46. The van der Waals surface area contributed by atoms with E-state index < -0.39 is 22.4 Å². The summed E-state index contributed by atoms with van der Waals surface area (Å²) in [7, 11) is -4.08. The second-order valence-corrected chi connectivity index (χ2v) is 21.7. The largest absolute Gasteiger partial charge is 0.408 e. The lowest BCUT2D eigenvalue weighted by Gasteiger charge is -2.47. The van der Waals surface area contributed by atoms with Gasteiger partial charge < -0.3 is 18.3 Å². The molecular formula is C21H41ClO4Si2. The molecule has 0 saturated carbocycles. The standard InChI is InChI=1S/C21H41ClO4Si2/c1-19(2,3)27(9,10)25-15-13-14(22)16-18(24-21(7,8)23-16)17(15)26-28(11,12)20(4,5)6/h13,15-18H,1-12H3/t15-,16-,17-,18-/m1/s1. The molecule has 4 nitrogen and oxygen atoms in total. The summed E-state index contributed by atoms with van der Waals surface area (Å²) in [4.78, 5) is 0. The topological polar surface area (TPSA) is 36.9 Å². The van der Waals surface area contributed by atoms with Crippen molar-refractivity contribution in [3.8, 4) is 0 Å². The first-order valence-electron chi connectivity index (χ1n) is 10.4. The molecule has 4 atom stereocenters. The zero-order valence-electron chi connectivity index (χ0n) is 19.9. The first-order chi connectivity index (χ1) is 12.3. The lowest BCUT2D eigenvalue weighted by molar-refractivity contribution is -0.155. The van der Waals surface area contributed by atoms with E-state index in [0.29, 0.717) is 5.03 Å². The van der Waals surface area contributed by atoms with Gasteiger partial charge in [-0.2, -0.15) is 0 Å². The maximum atomic E-state index is 6.90. The van der Waals surface area contributed by atoms with Gasteiger partial charge >= 0.3 is 0 Å². The van der Waals surface area contributed by atoms with Crippen LogP contribution >= 0.6 is 11.6 Å². The normalized spacial score (nSPS) is 31.5. The Morgan fingerprint density at radius 2 is 1.36 bits per heavy atom. The van der Waals surface area contributed by atoms with E-state index in [1.54, 1.807) is 0 Å². The summed E-state index contributed by atoms with van der Waals surface area (Å²) in [6.07, 6.45) is 0.971. The van der Waals surface area contributed by atoms with Crippen LogP contribution in [0.5, 0.6) is 0 Å². The van der Waals surface area contributed by atoms with Gasteiger partial charge in [0.2, 0.25) is 0 Å². The quantitative estimate of drug-likeness (QED) is 0.464. The lowest BCUT2D eigenvalue weighted by Crippen LogP contribution is -2.58. The fraction of sp³-hybridized carbons (Fsp3) is 0.905. The van der Waals surface area contributed by atoms with Gasteiger partial charge in [0, 0.05) is 5.03 Å². The van der Waals surface area contributed by atoms with Gasteiger partial charge in [0.05, 0.1) is 6.10 Å². The molecule has 0 amide bonds. The molecule has 7 heteroatoms. The van der Waals surface area contributed by atoms with Crippen molar-refractivity contribution in [2.75, 3.05) is 0 Å². The molecule has 1 fully saturated rings. The molecule has 0 aromatic carbocycles. The molecular weight excluding hydrogens is 408 g/mol. The van der Waals surface area contributed by atoms with Crippen LogP contribution in [0.15, 0.2) is 11.1 Å². The minimum atomic E-state index is -2.06. The Balaban J connectivity index is 2.44. The van der Waals surface area contributed by atoms with E-state index in [0.717, 1.165) is 0 Å². The summed E-state index contributed by atoms with van der Waals surface area (Å²) in [5.74, 6) is -0.690. The maximum absolute atomic E-state index is 6.90. The van der Waals surface area contributed by atoms with Crippen LogP contribution in [0.1, 0.15) is 55.4 Å². The van der Waals surface area contributed by atoms with Crippen molar-refractivity contribution in [1.29, 1.82) is 0 Å². The molecule has 1 heterocycles. The minimum Gasteiger partial charge on any atom is -0.408 e. The number of hydrogen-bond donors (Lipinski definition) is 0. The molecule has 0 unspecified atom stereocenters. The highest BCUT2D eigenvalue weighted by atomic mass is 35.5. The van der Waals surface area contributed by atoms with Crippen LogP contribution in [-0.4, -0.2) is 46.8 Å². The highest BCUT2D eigenvalue weighted by Gasteiger charge is 2.55. The van der Waals surface area contributed by atoms with Gasteiger partial charge in [-0.05, 0) is 56.2 Å². The third-order valence-corrected chi connectivity index (χ3v) is 16.1. The number of halogens is 1. The highest BCUT2D eigenvalue weighted by molar-refractivity contribution is 6.74. The summed E-state index contributed by atoms with van der Waals surface area (Å²) in [5, 5.41) is 0.844. The summed E-state index contributed by atoms with van der Waals surface area (Å²) >= 11 is 6.66. The molecule has 0 spiro atoms. The lowest BCUT2D eigenvalue weighted by atomic mass is 9.96. The van der Waals surface area contributed by atoms with Crippen LogP contribution in [0.2, 0.25) is 36.3 Å². The average molecular weight is 449 g/mol. The zero-order chi connectivity index (χ0) is 21.9. The molecule has 1 aliphatic carbocycles. The Labute approximate surface area is 179 Å². The van der Waals surface area contributed by atoms with Crippen LogP contribution in [0.25, 0.3) is 0 Å². The van der Waals surface area contributed by atoms with E-state index >= 15 is 0 Å². The Bertz CT molecular complexity index is 617. The smallest absolute Gasteiger partial charge is 0.193 e. The Kier molecular flexibility index (Phi) is 6.55. The molecule has 1 aliphatic heterocycles. The van der Waals surface area contributed by atoms with Gasteiger partial charge in [-0.15, -0.1) is 0 Å². The number of rotatable bonds is 4. The molecule has 28 heavy (non-hydrogen) atoms. The summed E-state index contributed by atoms with van der Waals surface area (Å²) in [6.45, 7) is 26.4. The maximum Gasteiger partial charge on any atom is 0.193 e. The molecule has 0 bridgehead atoms. The molecule has 0 N–H and O–H groups in total. The molecule has 0 aromatic heterocycles. The Morgan fingerprint density at radius 1 is 0.893 bits per heavy atom. The van der Waals surface area contributed by atoms with Crippen LogP contribution in [0, 0.1) is 0 Å². The second kappa shape index (κ2) is 7.47.